The summed E-state index contributed by atoms with van der Waals surface area (Å²) in [6.07, 6.45) is 6.97. The van der Waals surface area contributed by atoms with Gasteiger partial charge in [0.1, 0.15) is 0 Å². The molecule has 1 saturated carbocycles. The summed E-state index contributed by atoms with van der Waals surface area (Å²) < 4.78 is 25.0. The number of sulfonamides is 1. The molecule has 7 heteroatoms. The van der Waals surface area contributed by atoms with Crippen LogP contribution in [0.2, 0.25) is 0 Å². The van der Waals surface area contributed by atoms with E-state index in [2.05, 4.69) is 17.3 Å². The van der Waals surface area contributed by atoms with Gasteiger partial charge in [-0.05, 0) is 37.9 Å². The normalized spacial score (nSPS) is 21.2. The second-order valence-corrected chi connectivity index (χ2v) is 9.50. The number of rotatable bonds is 6. The summed E-state index contributed by atoms with van der Waals surface area (Å²) in [5.41, 5.74) is 1.84. The quantitative estimate of drug-likeness (QED) is 0.824. The average molecular weight is 380 g/mol. The van der Waals surface area contributed by atoms with Crippen LogP contribution in [0.3, 0.4) is 0 Å². The highest BCUT2D eigenvalue weighted by molar-refractivity contribution is 7.89. The predicted molar refractivity (Wildman–Crippen MR) is 103 cm³/mol. The molecule has 1 N–H and O–H groups in total. The molecule has 0 bridgehead atoms. The first kappa shape index (κ1) is 19.3. The third-order valence-electron chi connectivity index (χ3n) is 5.43. The Kier molecular flexibility index (Phi) is 6.32. The molecule has 0 aromatic heterocycles. The minimum atomic E-state index is -3.25. The van der Waals surface area contributed by atoms with E-state index in [9.17, 15) is 13.2 Å². The van der Waals surface area contributed by atoms with E-state index in [-0.39, 0.29) is 18.2 Å². The zero-order valence-electron chi connectivity index (χ0n) is 15.5. The number of para-hydroxylation sites is 1. The number of nitrogens with zero attached hydrogens (tertiary/aromatic N) is 2. The lowest BCUT2D eigenvalue weighted by molar-refractivity contribution is -0.116. The van der Waals surface area contributed by atoms with E-state index in [1.165, 1.54) is 36.4 Å². The van der Waals surface area contributed by atoms with E-state index in [0.717, 1.165) is 17.8 Å². The molecule has 1 aromatic rings. The van der Waals surface area contributed by atoms with Gasteiger partial charge >= 0.3 is 0 Å². The van der Waals surface area contributed by atoms with Crippen LogP contribution < -0.4 is 5.32 Å². The summed E-state index contributed by atoms with van der Waals surface area (Å²) in [6, 6.07) is 8.39. The molecular weight excluding hydrogens is 350 g/mol. The predicted octanol–water partition coefficient (Wildman–Crippen LogP) is 2.43. The van der Waals surface area contributed by atoms with Crippen LogP contribution in [0.4, 0.5) is 5.69 Å². The number of anilines is 1. The molecule has 26 heavy (non-hydrogen) atoms. The second-order valence-electron chi connectivity index (χ2n) is 7.42. The van der Waals surface area contributed by atoms with E-state index in [0.29, 0.717) is 19.0 Å². The van der Waals surface area contributed by atoms with Gasteiger partial charge in [-0.1, -0.05) is 37.5 Å². The maximum absolute atomic E-state index is 12.4. The molecule has 0 unspecified atom stereocenters. The number of amides is 1. The Morgan fingerprint density at radius 2 is 1.92 bits per heavy atom. The second kappa shape index (κ2) is 8.50. The monoisotopic (exact) mass is 379 g/mol. The van der Waals surface area contributed by atoms with Crippen molar-refractivity contribution < 1.29 is 13.2 Å². The van der Waals surface area contributed by atoms with Gasteiger partial charge in [0.15, 0.2) is 0 Å². The van der Waals surface area contributed by atoms with Crippen LogP contribution in [0, 0.1) is 0 Å². The Balaban J connectivity index is 1.62. The van der Waals surface area contributed by atoms with Gasteiger partial charge in [0.05, 0.1) is 12.3 Å². The van der Waals surface area contributed by atoms with Crippen LogP contribution in [0.25, 0.3) is 0 Å². The van der Waals surface area contributed by atoms with E-state index >= 15 is 0 Å². The Morgan fingerprint density at radius 3 is 2.62 bits per heavy atom. The molecule has 144 valence electrons. The summed E-state index contributed by atoms with van der Waals surface area (Å²) in [4.78, 5) is 14.7. The van der Waals surface area contributed by atoms with Gasteiger partial charge in [0, 0.05) is 24.8 Å². The number of nitrogens with one attached hydrogen (secondary N) is 1. The largest absolute Gasteiger partial charge is 0.325 e. The van der Waals surface area contributed by atoms with Crippen LogP contribution in [-0.2, 0) is 21.4 Å². The maximum atomic E-state index is 12.4. The van der Waals surface area contributed by atoms with Crippen molar-refractivity contribution in [3.63, 3.8) is 0 Å². The first-order valence-corrected chi connectivity index (χ1v) is 11.1. The molecule has 2 aliphatic rings. The summed E-state index contributed by atoms with van der Waals surface area (Å²) >= 11 is 0. The Labute approximate surface area is 156 Å². The van der Waals surface area contributed by atoms with Crippen LogP contribution in [0.15, 0.2) is 24.3 Å². The standard InChI is InChI=1S/C19H29N3O3S/c1-21(17-9-3-2-4-10-17)14-16-8-5-6-11-18(16)20-19(23)15-22-12-7-13-26(22,24)25/h5-6,8,11,17H,2-4,7,9-10,12-15H2,1H3,(H,20,23). The van der Waals surface area contributed by atoms with Crippen molar-refractivity contribution in [1.82, 2.24) is 9.21 Å². The number of benzene rings is 1. The first-order valence-electron chi connectivity index (χ1n) is 9.51. The van der Waals surface area contributed by atoms with Crippen molar-refractivity contribution in [1.29, 1.82) is 0 Å². The zero-order valence-corrected chi connectivity index (χ0v) is 16.3. The fraction of sp³-hybridized carbons (Fsp3) is 0.632. The Hall–Kier alpha value is -1.44. The van der Waals surface area contributed by atoms with Gasteiger partial charge in [-0.25, -0.2) is 8.42 Å². The molecule has 1 saturated heterocycles. The summed E-state index contributed by atoms with van der Waals surface area (Å²) in [7, 11) is -1.11. The lowest BCUT2D eigenvalue weighted by Crippen LogP contribution is -2.35. The van der Waals surface area contributed by atoms with Crippen molar-refractivity contribution in [2.24, 2.45) is 0 Å². The molecular formula is C19H29N3O3S. The summed E-state index contributed by atoms with van der Waals surface area (Å²) in [6.45, 7) is 1.11. The highest BCUT2D eigenvalue weighted by Gasteiger charge is 2.30. The molecule has 1 aliphatic carbocycles. The third-order valence-corrected chi connectivity index (χ3v) is 7.34. The topological polar surface area (TPSA) is 69.7 Å². The number of hydrogen-bond donors (Lipinski definition) is 1. The summed E-state index contributed by atoms with van der Waals surface area (Å²) in [5.74, 6) is -0.133. The summed E-state index contributed by atoms with van der Waals surface area (Å²) in [5, 5.41) is 2.91. The Bertz CT molecular complexity index is 729. The lowest BCUT2D eigenvalue weighted by Gasteiger charge is -2.31. The molecule has 1 heterocycles. The number of hydrogen-bond acceptors (Lipinski definition) is 4. The van der Waals surface area contributed by atoms with Crippen LogP contribution in [-0.4, -0.2) is 55.5 Å². The maximum Gasteiger partial charge on any atom is 0.239 e. The smallest absolute Gasteiger partial charge is 0.239 e. The fourth-order valence-electron chi connectivity index (χ4n) is 3.92. The van der Waals surface area contributed by atoms with Gasteiger partial charge in [0.2, 0.25) is 15.9 Å². The molecule has 1 aliphatic heterocycles. The van der Waals surface area contributed by atoms with Crippen molar-refractivity contribution in [3.05, 3.63) is 29.8 Å². The highest BCUT2D eigenvalue weighted by atomic mass is 32.2. The van der Waals surface area contributed by atoms with Crippen LogP contribution >= 0.6 is 0 Å². The molecule has 0 spiro atoms. The minimum absolute atomic E-state index is 0.102. The van der Waals surface area contributed by atoms with Crippen molar-refractivity contribution in [2.45, 2.75) is 51.1 Å². The van der Waals surface area contributed by atoms with Crippen molar-refractivity contribution >= 4 is 21.6 Å². The zero-order chi connectivity index (χ0) is 18.6. The highest BCUT2D eigenvalue weighted by Crippen LogP contribution is 2.25. The van der Waals surface area contributed by atoms with E-state index in [1.807, 2.05) is 24.3 Å². The van der Waals surface area contributed by atoms with Gasteiger partial charge in [0.25, 0.3) is 0 Å². The van der Waals surface area contributed by atoms with Crippen molar-refractivity contribution in [3.8, 4) is 0 Å². The van der Waals surface area contributed by atoms with E-state index in [1.54, 1.807) is 0 Å². The fourth-order valence-corrected chi connectivity index (χ4v) is 5.39. The number of carbonyl (C=O) groups is 1. The van der Waals surface area contributed by atoms with Crippen LogP contribution in [0.1, 0.15) is 44.1 Å². The SMILES string of the molecule is CN(Cc1ccccc1NC(=O)CN1CCCS1(=O)=O)C1CCCCC1. The van der Waals surface area contributed by atoms with Crippen LogP contribution in [0.5, 0.6) is 0 Å². The minimum Gasteiger partial charge on any atom is -0.325 e. The third kappa shape index (κ3) is 4.84. The van der Waals surface area contributed by atoms with Gasteiger partial charge in [-0.2, -0.15) is 4.31 Å². The van der Waals surface area contributed by atoms with Gasteiger partial charge in [-0.15, -0.1) is 0 Å². The van der Waals surface area contributed by atoms with Gasteiger partial charge in [-0.3, -0.25) is 9.69 Å². The van der Waals surface area contributed by atoms with E-state index in [4.69, 9.17) is 0 Å². The molecule has 0 radical (unpaired) electrons. The van der Waals surface area contributed by atoms with Gasteiger partial charge < -0.3 is 5.32 Å². The molecule has 3 rings (SSSR count). The van der Waals surface area contributed by atoms with Crippen molar-refractivity contribution in [2.75, 3.05) is 31.2 Å². The average Bonchev–Trinajstić information content (AvgIpc) is 2.95. The molecule has 2 fully saturated rings. The Morgan fingerprint density at radius 1 is 1.19 bits per heavy atom. The first-order chi connectivity index (χ1) is 12.5. The van der Waals surface area contributed by atoms with E-state index < -0.39 is 10.0 Å². The molecule has 6 nitrogen and oxygen atoms in total. The molecule has 0 atom stereocenters. The number of carbonyl (C=O) groups excluding carboxylic acids is 1. The lowest BCUT2D eigenvalue weighted by atomic mass is 9.94. The molecule has 1 amide bonds. The molecule has 1 aromatic carbocycles.